The van der Waals surface area contributed by atoms with Gasteiger partial charge in [0.15, 0.2) is 0 Å². The number of hydrazine groups is 1. The molecule has 0 aliphatic rings. The number of hydrogen-bond donors (Lipinski definition) is 2. The van der Waals surface area contributed by atoms with Crippen LogP contribution in [-0.2, 0) is 6.42 Å². The summed E-state index contributed by atoms with van der Waals surface area (Å²) >= 11 is 1.43. The fourth-order valence-corrected chi connectivity index (χ4v) is 2.18. The Hall–Kier alpha value is -2.14. The quantitative estimate of drug-likeness (QED) is 0.844. The second-order valence-electron chi connectivity index (χ2n) is 3.97. The number of hydrogen-bond acceptors (Lipinski definition) is 3. The number of thiophene rings is 1. The van der Waals surface area contributed by atoms with Crippen LogP contribution >= 0.6 is 11.3 Å². The van der Waals surface area contributed by atoms with Crippen molar-refractivity contribution in [3.63, 3.8) is 0 Å². The van der Waals surface area contributed by atoms with Crippen molar-refractivity contribution in [2.45, 2.75) is 13.3 Å². The number of benzene rings is 1. The van der Waals surface area contributed by atoms with E-state index in [1.165, 1.54) is 16.9 Å². The molecule has 1 aromatic carbocycles. The number of amides is 2. The zero-order chi connectivity index (χ0) is 13.7. The molecule has 0 spiro atoms. The van der Waals surface area contributed by atoms with Gasteiger partial charge in [-0.2, -0.15) is 11.3 Å². The van der Waals surface area contributed by atoms with Gasteiger partial charge in [0, 0.05) is 10.9 Å². The van der Waals surface area contributed by atoms with Crippen molar-refractivity contribution in [3.8, 4) is 0 Å². The molecule has 2 rings (SSSR count). The summed E-state index contributed by atoms with van der Waals surface area (Å²) in [5.74, 6) is -0.647. The van der Waals surface area contributed by atoms with Crippen LogP contribution in [0.5, 0.6) is 0 Å². The molecule has 5 heteroatoms. The summed E-state index contributed by atoms with van der Waals surface area (Å²) in [6.07, 6.45) is 0.927. The molecule has 0 bridgehead atoms. The Bertz CT molecular complexity index is 562. The van der Waals surface area contributed by atoms with E-state index in [2.05, 4.69) is 17.8 Å². The van der Waals surface area contributed by atoms with E-state index in [1.54, 1.807) is 29.0 Å². The summed E-state index contributed by atoms with van der Waals surface area (Å²) in [5.41, 5.74) is 6.99. The fourth-order valence-electron chi connectivity index (χ4n) is 1.54. The summed E-state index contributed by atoms with van der Waals surface area (Å²) in [6, 6.07) is 8.98. The molecule has 0 atom stereocenters. The Morgan fingerprint density at radius 1 is 1.00 bits per heavy atom. The topological polar surface area (TPSA) is 58.2 Å². The van der Waals surface area contributed by atoms with E-state index in [-0.39, 0.29) is 11.8 Å². The first-order valence-electron chi connectivity index (χ1n) is 5.92. The van der Waals surface area contributed by atoms with E-state index in [9.17, 15) is 9.59 Å². The lowest BCUT2D eigenvalue weighted by atomic mass is 10.1. The van der Waals surface area contributed by atoms with Gasteiger partial charge in [-0.25, -0.2) is 0 Å². The molecule has 2 N–H and O–H groups in total. The van der Waals surface area contributed by atoms with Crippen LogP contribution < -0.4 is 10.9 Å². The SMILES string of the molecule is CCc1ccc(C(=O)NNC(=O)c2ccsc2)cc1. The van der Waals surface area contributed by atoms with Gasteiger partial charge in [0.1, 0.15) is 0 Å². The molecular formula is C14H14N2O2S. The van der Waals surface area contributed by atoms with Gasteiger partial charge in [0.25, 0.3) is 11.8 Å². The average molecular weight is 274 g/mol. The zero-order valence-electron chi connectivity index (χ0n) is 10.5. The lowest BCUT2D eigenvalue weighted by Crippen LogP contribution is -2.41. The number of rotatable bonds is 3. The Morgan fingerprint density at radius 2 is 1.63 bits per heavy atom. The molecule has 4 nitrogen and oxygen atoms in total. The second-order valence-corrected chi connectivity index (χ2v) is 4.75. The van der Waals surface area contributed by atoms with Gasteiger partial charge >= 0.3 is 0 Å². The fraction of sp³-hybridized carbons (Fsp3) is 0.143. The van der Waals surface area contributed by atoms with Crippen molar-refractivity contribution >= 4 is 23.2 Å². The Labute approximate surface area is 115 Å². The Kier molecular flexibility index (Phi) is 4.30. The van der Waals surface area contributed by atoms with Gasteiger partial charge in [-0.1, -0.05) is 19.1 Å². The van der Waals surface area contributed by atoms with Crippen molar-refractivity contribution in [2.75, 3.05) is 0 Å². The summed E-state index contributed by atoms with van der Waals surface area (Å²) in [4.78, 5) is 23.4. The maximum atomic E-state index is 11.8. The highest BCUT2D eigenvalue weighted by Crippen LogP contribution is 2.06. The number of carbonyl (C=O) groups is 2. The van der Waals surface area contributed by atoms with Crippen LogP contribution in [0.3, 0.4) is 0 Å². The van der Waals surface area contributed by atoms with Gasteiger partial charge in [0.2, 0.25) is 0 Å². The van der Waals surface area contributed by atoms with Gasteiger partial charge in [-0.3, -0.25) is 20.4 Å². The molecule has 0 aliphatic heterocycles. The molecule has 0 saturated carbocycles. The molecule has 0 unspecified atom stereocenters. The van der Waals surface area contributed by atoms with E-state index in [4.69, 9.17) is 0 Å². The number of aryl methyl sites for hydroxylation is 1. The summed E-state index contributed by atoms with van der Waals surface area (Å²) in [6.45, 7) is 2.05. The van der Waals surface area contributed by atoms with Crippen LogP contribution in [0, 0.1) is 0 Å². The van der Waals surface area contributed by atoms with Crippen LogP contribution in [0.1, 0.15) is 33.2 Å². The molecule has 0 saturated heterocycles. The third-order valence-corrected chi connectivity index (χ3v) is 3.38. The van der Waals surface area contributed by atoms with E-state index in [0.29, 0.717) is 11.1 Å². The van der Waals surface area contributed by atoms with Crippen molar-refractivity contribution in [1.82, 2.24) is 10.9 Å². The van der Waals surface area contributed by atoms with Crippen LogP contribution in [0.25, 0.3) is 0 Å². The molecule has 1 heterocycles. The van der Waals surface area contributed by atoms with Crippen LogP contribution in [-0.4, -0.2) is 11.8 Å². The van der Waals surface area contributed by atoms with Gasteiger partial charge in [-0.15, -0.1) is 0 Å². The third-order valence-electron chi connectivity index (χ3n) is 2.70. The lowest BCUT2D eigenvalue weighted by molar-refractivity contribution is 0.0847. The van der Waals surface area contributed by atoms with E-state index >= 15 is 0 Å². The standard InChI is InChI=1S/C14H14N2O2S/c1-2-10-3-5-11(6-4-10)13(17)15-16-14(18)12-7-8-19-9-12/h3-9H,2H2,1H3,(H,15,17)(H,16,18). The lowest BCUT2D eigenvalue weighted by Gasteiger charge is -2.06. The average Bonchev–Trinajstić information content (AvgIpc) is 2.98. The summed E-state index contributed by atoms with van der Waals surface area (Å²) in [7, 11) is 0. The summed E-state index contributed by atoms with van der Waals surface area (Å²) in [5, 5.41) is 3.53. The highest BCUT2D eigenvalue weighted by atomic mass is 32.1. The minimum atomic E-state index is -0.328. The Morgan fingerprint density at radius 3 is 2.16 bits per heavy atom. The van der Waals surface area contributed by atoms with Crippen LogP contribution in [0.2, 0.25) is 0 Å². The smallest absolute Gasteiger partial charge is 0.267 e. The number of carbonyl (C=O) groups excluding carboxylic acids is 2. The molecule has 19 heavy (non-hydrogen) atoms. The highest BCUT2D eigenvalue weighted by molar-refractivity contribution is 7.08. The highest BCUT2D eigenvalue weighted by Gasteiger charge is 2.08. The minimum Gasteiger partial charge on any atom is -0.267 e. The predicted octanol–water partition coefficient (Wildman–Crippen LogP) is 2.39. The molecule has 0 radical (unpaired) electrons. The monoisotopic (exact) mass is 274 g/mol. The van der Waals surface area contributed by atoms with Crippen molar-refractivity contribution < 1.29 is 9.59 Å². The molecule has 0 aliphatic carbocycles. The minimum absolute atomic E-state index is 0.320. The van der Waals surface area contributed by atoms with Crippen molar-refractivity contribution in [2.24, 2.45) is 0 Å². The van der Waals surface area contributed by atoms with Crippen LogP contribution in [0.4, 0.5) is 0 Å². The first kappa shape index (κ1) is 13.3. The molecular weight excluding hydrogens is 260 g/mol. The Balaban J connectivity index is 1.92. The van der Waals surface area contributed by atoms with Crippen molar-refractivity contribution in [3.05, 3.63) is 57.8 Å². The largest absolute Gasteiger partial charge is 0.270 e. The van der Waals surface area contributed by atoms with Gasteiger partial charge in [-0.05, 0) is 35.6 Å². The van der Waals surface area contributed by atoms with Crippen molar-refractivity contribution in [1.29, 1.82) is 0 Å². The molecule has 1 aromatic heterocycles. The van der Waals surface area contributed by atoms with E-state index < -0.39 is 0 Å². The molecule has 2 amide bonds. The van der Waals surface area contributed by atoms with E-state index in [0.717, 1.165) is 6.42 Å². The second kappa shape index (κ2) is 6.15. The normalized spacial score (nSPS) is 9.95. The van der Waals surface area contributed by atoms with Gasteiger partial charge in [0.05, 0.1) is 5.56 Å². The van der Waals surface area contributed by atoms with Crippen LogP contribution in [0.15, 0.2) is 41.1 Å². The maximum absolute atomic E-state index is 11.8. The third kappa shape index (κ3) is 3.42. The maximum Gasteiger partial charge on any atom is 0.270 e. The molecule has 98 valence electrons. The number of nitrogens with one attached hydrogen (secondary N) is 2. The van der Waals surface area contributed by atoms with Gasteiger partial charge < -0.3 is 0 Å². The zero-order valence-corrected chi connectivity index (χ0v) is 11.3. The first-order chi connectivity index (χ1) is 9.20. The first-order valence-corrected chi connectivity index (χ1v) is 6.87. The molecule has 0 fully saturated rings. The predicted molar refractivity (Wildman–Crippen MR) is 75.1 cm³/mol. The van der Waals surface area contributed by atoms with E-state index in [1.807, 2.05) is 12.1 Å². The molecule has 2 aromatic rings. The summed E-state index contributed by atoms with van der Waals surface area (Å²) < 4.78 is 0.